The molecule has 0 radical (unpaired) electrons. The third kappa shape index (κ3) is 3.94. The van der Waals surface area contributed by atoms with E-state index in [0.29, 0.717) is 12.1 Å². The topological polar surface area (TPSA) is 58.6 Å². The number of halogens is 3. The molecule has 0 aliphatic rings. The van der Waals surface area contributed by atoms with Crippen LogP contribution in [-0.2, 0) is 4.74 Å². The van der Waals surface area contributed by atoms with Gasteiger partial charge in [0.1, 0.15) is 5.82 Å². The number of carbonyl (C=O) groups is 1. The van der Waals surface area contributed by atoms with E-state index >= 15 is 0 Å². The minimum Gasteiger partial charge on any atom is -0.396 e. The maximum atomic E-state index is 13.5. The van der Waals surface area contributed by atoms with E-state index in [1.165, 1.54) is 7.11 Å². The Labute approximate surface area is 114 Å². The van der Waals surface area contributed by atoms with Gasteiger partial charge in [0.15, 0.2) is 11.6 Å². The van der Waals surface area contributed by atoms with Gasteiger partial charge in [-0.15, -0.1) is 0 Å². The van der Waals surface area contributed by atoms with Gasteiger partial charge in [-0.3, -0.25) is 4.79 Å². The standard InChI is InChI=1S/C13H16F3NO3/c1-13(3-4-18,7-20-2)17-12(19)8-5-10(15)11(16)6-9(8)14/h5-6,18H,3-4,7H2,1-2H3,(H,17,19)/t13-/m0/s1. The monoisotopic (exact) mass is 291 g/mol. The second-order valence-corrected chi connectivity index (χ2v) is 4.67. The van der Waals surface area contributed by atoms with Gasteiger partial charge < -0.3 is 15.2 Å². The predicted octanol–water partition coefficient (Wildman–Crippen LogP) is 1.62. The molecule has 4 nitrogen and oxygen atoms in total. The lowest BCUT2D eigenvalue weighted by atomic mass is 9.98. The Morgan fingerprint density at radius 2 is 1.90 bits per heavy atom. The van der Waals surface area contributed by atoms with Gasteiger partial charge in [0.05, 0.1) is 17.7 Å². The summed E-state index contributed by atoms with van der Waals surface area (Å²) < 4.78 is 44.3. The van der Waals surface area contributed by atoms with Crippen molar-refractivity contribution in [2.75, 3.05) is 20.3 Å². The van der Waals surface area contributed by atoms with Crippen molar-refractivity contribution in [2.24, 2.45) is 0 Å². The molecule has 0 saturated heterocycles. The Balaban J connectivity index is 2.97. The third-order valence-corrected chi connectivity index (χ3v) is 2.80. The molecular formula is C13H16F3NO3. The van der Waals surface area contributed by atoms with E-state index < -0.39 is 34.5 Å². The lowest BCUT2D eigenvalue weighted by Gasteiger charge is -2.29. The van der Waals surface area contributed by atoms with Crippen molar-refractivity contribution < 1.29 is 27.8 Å². The molecule has 0 unspecified atom stereocenters. The van der Waals surface area contributed by atoms with Crippen molar-refractivity contribution >= 4 is 5.91 Å². The number of amides is 1. The molecule has 0 fully saturated rings. The number of methoxy groups -OCH3 is 1. The quantitative estimate of drug-likeness (QED) is 0.783. The van der Waals surface area contributed by atoms with Gasteiger partial charge in [0.2, 0.25) is 0 Å². The van der Waals surface area contributed by atoms with Crippen molar-refractivity contribution in [1.82, 2.24) is 5.32 Å². The van der Waals surface area contributed by atoms with Gasteiger partial charge in [0, 0.05) is 19.8 Å². The molecule has 0 aliphatic heterocycles. The van der Waals surface area contributed by atoms with Crippen molar-refractivity contribution in [3.8, 4) is 0 Å². The lowest BCUT2D eigenvalue weighted by molar-refractivity contribution is 0.0722. The SMILES string of the molecule is COC[C@](C)(CCO)NC(=O)c1cc(F)c(F)cc1F. The number of nitrogens with one attached hydrogen (secondary N) is 1. The van der Waals surface area contributed by atoms with Crippen LogP contribution in [0.5, 0.6) is 0 Å². The number of hydrogen-bond acceptors (Lipinski definition) is 3. The number of aliphatic hydroxyl groups excluding tert-OH is 1. The van der Waals surface area contributed by atoms with Crippen LogP contribution < -0.4 is 5.32 Å². The van der Waals surface area contributed by atoms with Crippen LogP contribution in [0.1, 0.15) is 23.7 Å². The Bertz CT molecular complexity index is 488. The molecule has 0 heterocycles. The van der Waals surface area contributed by atoms with E-state index in [0.717, 1.165) is 0 Å². The van der Waals surface area contributed by atoms with E-state index in [1.54, 1.807) is 6.92 Å². The molecule has 2 N–H and O–H groups in total. The van der Waals surface area contributed by atoms with E-state index in [9.17, 15) is 18.0 Å². The second kappa shape index (κ2) is 6.71. The summed E-state index contributed by atoms with van der Waals surface area (Å²) >= 11 is 0. The normalized spacial score (nSPS) is 13.9. The summed E-state index contributed by atoms with van der Waals surface area (Å²) in [5, 5.41) is 11.4. The summed E-state index contributed by atoms with van der Waals surface area (Å²) in [7, 11) is 1.40. The number of aliphatic hydroxyl groups is 1. The fourth-order valence-electron chi connectivity index (χ4n) is 1.77. The average molecular weight is 291 g/mol. The van der Waals surface area contributed by atoms with Crippen molar-refractivity contribution in [3.05, 3.63) is 35.1 Å². The van der Waals surface area contributed by atoms with Gasteiger partial charge in [-0.2, -0.15) is 0 Å². The first-order valence-corrected chi connectivity index (χ1v) is 5.90. The first kappa shape index (κ1) is 16.5. The van der Waals surface area contributed by atoms with Crippen molar-refractivity contribution in [3.63, 3.8) is 0 Å². The minimum absolute atomic E-state index is 0.0740. The molecule has 0 aromatic heterocycles. The number of rotatable bonds is 6. The van der Waals surface area contributed by atoms with Crippen LogP contribution in [0.15, 0.2) is 12.1 Å². The predicted molar refractivity (Wildman–Crippen MR) is 65.8 cm³/mol. The Morgan fingerprint density at radius 1 is 1.30 bits per heavy atom. The van der Waals surface area contributed by atoms with Crippen molar-refractivity contribution in [1.29, 1.82) is 0 Å². The number of carbonyl (C=O) groups excluding carboxylic acids is 1. The van der Waals surface area contributed by atoms with E-state index in [4.69, 9.17) is 9.84 Å². The van der Waals surface area contributed by atoms with E-state index in [-0.39, 0.29) is 19.6 Å². The molecular weight excluding hydrogens is 275 g/mol. The molecule has 7 heteroatoms. The molecule has 1 aromatic carbocycles. The van der Waals surface area contributed by atoms with E-state index in [1.807, 2.05) is 0 Å². The highest BCUT2D eigenvalue weighted by atomic mass is 19.2. The molecule has 0 bridgehead atoms. The molecule has 1 aromatic rings. The highest BCUT2D eigenvalue weighted by molar-refractivity contribution is 5.95. The molecule has 1 atom stereocenters. The summed E-state index contributed by atoms with van der Waals surface area (Å²) in [6, 6.07) is 0.802. The highest BCUT2D eigenvalue weighted by Gasteiger charge is 2.28. The van der Waals surface area contributed by atoms with Crippen molar-refractivity contribution in [2.45, 2.75) is 18.9 Å². The lowest BCUT2D eigenvalue weighted by Crippen LogP contribution is -2.50. The maximum absolute atomic E-state index is 13.5. The van der Waals surface area contributed by atoms with Gasteiger partial charge in [-0.25, -0.2) is 13.2 Å². The smallest absolute Gasteiger partial charge is 0.254 e. The van der Waals surface area contributed by atoms with Gasteiger partial charge in [-0.05, 0) is 19.4 Å². The molecule has 1 rings (SSSR count). The first-order valence-electron chi connectivity index (χ1n) is 5.90. The molecule has 112 valence electrons. The minimum atomic E-state index is -1.37. The summed E-state index contributed by atoms with van der Waals surface area (Å²) in [5.74, 6) is -4.75. The van der Waals surface area contributed by atoms with Crippen LogP contribution in [0.3, 0.4) is 0 Å². The fraction of sp³-hybridized carbons (Fsp3) is 0.462. The zero-order chi connectivity index (χ0) is 15.3. The Morgan fingerprint density at radius 3 is 2.45 bits per heavy atom. The summed E-state index contributed by atoms with van der Waals surface area (Å²) in [6.45, 7) is 1.44. The maximum Gasteiger partial charge on any atom is 0.254 e. The van der Waals surface area contributed by atoms with Gasteiger partial charge in [0.25, 0.3) is 5.91 Å². The zero-order valence-corrected chi connectivity index (χ0v) is 11.2. The van der Waals surface area contributed by atoms with Crippen LogP contribution in [-0.4, -0.2) is 36.9 Å². The fourth-order valence-corrected chi connectivity index (χ4v) is 1.77. The van der Waals surface area contributed by atoms with Gasteiger partial charge >= 0.3 is 0 Å². The van der Waals surface area contributed by atoms with Crippen LogP contribution in [0.2, 0.25) is 0 Å². The summed E-state index contributed by atoms with van der Waals surface area (Å²) in [5.41, 5.74) is -1.55. The third-order valence-electron chi connectivity index (χ3n) is 2.80. The molecule has 0 aliphatic carbocycles. The molecule has 0 saturated carbocycles. The average Bonchev–Trinajstić information content (AvgIpc) is 2.33. The van der Waals surface area contributed by atoms with Crippen LogP contribution in [0.4, 0.5) is 13.2 Å². The van der Waals surface area contributed by atoms with Crippen LogP contribution in [0, 0.1) is 17.5 Å². The van der Waals surface area contributed by atoms with E-state index in [2.05, 4.69) is 5.32 Å². The van der Waals surface area contributed by atoms with Crippen LogP contribution >= 0.6 is 0 Å². The molecule has 0 spiro atoms. The highest BCUT2D eigenvalue weighted by Crippen LogP contribution is 2.16. The zero-order valence-electron chi connectivity index (χ0n) is 11.2. The largest absolute Gasteiger partial charge is 0.396 e. The van der Waals surface area contributed by atoms with Gasteiger partial charge in [-0.1, -0.05) is 0 Å². The number of benzene rings is 1. The molecule has 1 amide bonds. The Kier molecular flexibility index (Phi) is 5.52. The first-order chi connectivity index (χ1) is 9.33. The van der Waals surface area contributed by atoms with Crippen LogP contribution in [0.25, 0.3) is 0 Å². The number of ether oxygens (including phenoxy) is 1. The summed E-state index contributed by atoms with van der Waals surface area (Å²) in [6.07, 6.45) is 0.165. The second-order valence-electron chi connectivity index (χ2n) is 4.67. The molecule has 20 heavy (non-hydrogen) atoms. The number of hydrogen-bond donors (Lipinski definition) is 2. The summed E-state index contributed by atoms with van der Waals surface area (Å²) in [4.78, 5) is 11.9. The Hall–Kier alpha value is -1.60.